The molecule has 1 fully saturated rings. The smallest absolute Gasteiger partial charge is 0.257 e. The van der Waals surface area contributed by atoms with Gasteiger partial charge in [-0.25, -0.2) is 4.39 Å². The van der Waals surface area contributed by atoms with Gasteiger partial charge in [-0.2, -0.15) is 5.10 Å². The number of aromatic nitrogens is 2. The minimum Gasteiger partial charge on any atom is -0.337 e. The van der Waals surface area contributed by atoms with Gasteiger partial charge in [-0.3, -0.25) is 14.4 Å². The minimum atomic E-state index is -0.164. The molecule has 1 saturated heterocycles. The van der Waals surface area contributed by atoms with Gasteiger partial charge < -0.3 is 4.90 Å². The first kappa shape index (κ1) is 19.5. The van der Waals surface area contributed by atoms with Crippen molar-refractivity contribution in [1.29, 1.82) is 0 Å². The van der Waals surface area contributed by atoms with Gasteiger partial charge in [-0.05, 0) is 38.8 Å². The van der Waals surface area contributed by atoms with Crippen LogP contribution in [0.15, 0.2) is 30.5 Å². The number of hydrogen-bond donors (Lipinski definition) is 0. The van der Waals surface area contributed by atoms with Crippen molar-refractivity contribution < 1.29 is 9.18 Å². The third kappa shape index (κ3) is 4.56. The van der Waals surface area contributed by atoms with Crippen LogP contribution in [0, 0.1) is 12.7 Å². The molecule has 1 amide bonds. The molecule has 27 heavy (non-hydrogen) atoms. The van der Waals surface area contributed by atoms with Crippen molar-refractivity contribution in [2.24, 2.45) is 0 Å². The van der Waals surface area contributed by atoms with Gasteiger partial charge in [0.1, 0.15) is 5.82 Å². The van der Waals surface area contributed by atoms with Crippen LogP contribution < -0.4 is 0 Å². The third-order valence-electron chi connectivity index (χ3n) is 5.33. The first-order valence-corrected chi connectivity index (χ1v) is 9.76. The molecule has 146 valence electrons. The number of carbonyl (C=O) groups excluding carboxylic acids is 1. The van der Waals surface area contributed by atoms with Crippen LogP contribution in [0.5, 0.6) is 0 Å². The fourth-order valence-corrected chi connectivity index (χ4v) is 3.79. The number of piperidine rings is 1. The van der Waals surface area contributed by atoms with Crippen molar-refractivity contribution in [3.63, 3.8) is 0 Å². The maximum absolute atomic E-state index is 14.0. The highest BCUT2D eigenvalue weighted by atomic mass is 19.1. The number of aryl methyl sites for hydroxylation is 2. The quantitative estimate of drug-likeness (QED) is 0.780. The molecule has 0 spiro atoms. The zero-order valence-corrected chi connectivity index (χ0v) is 16.5. The fraction of sp³-hybridized carbons (Fsp3) is 0.524. The van der Waals surface area contributed by atoms with E-state index in [0.29, 0.717) is 17.7 Å². The predicted molar refractivity (Wildman–Crippen MR) is 104 cm³/mol. The summed E-state index contributed by atoms with van der Waals surface area (Å²) in [5.74, 6) is -0.143. The van der Waals surface area contributed by atoms with Gasteiger partial charge in [0, 0.05) is 44.5 Å². The average molecular weight is 372 g/mol. The lowest BCUT2D eigenvalue weighted by molar-refractivity contribution is 0.0607. The van der Waals surface area contributed by atoms with E-state index < -0.39 is 0 Å². The van der Waals surface area contributed by atoms with E-state index in [2.05, 4.69) is 16.9 Å². The van der Waals surface area contributed by atoms with Gasteiger partial charge in [0.2, 0.25) is 0 Å². The van der Waals surface area contributed by atoms with E-state index in [9.17, 15) is 9.18 Å². The Morgan fingerprint density at radius 3 is 2.89 bits per heavy atom. The molecular formula is C21H29FN4O. The lowest BCUT2D eigenvalue weighted by atomic mass is 10.0. The topological polar surface area (TPSA) is 41.4 Å². The van der Waals surface area contributed by atoms with E-state index in [1.54, 1.807) is 6.07 Å². The van der Waals surface area contributed by atoms with Crippen molar-refractivity contribution in [3.05, 3.63) is 53.1 Å². The summed E-state index contributed by atoms with van der Waals surface area (Å²) in [6, 6.07) is 7.05. The number of halogens is 1. The summed E-state index contributed by atoms with van der Waals surface area (Å²) < 4.78 is 15.8. The molecule has 6 heteroatoms. The summed E-state index contributed by atoms with van der Waals surface area (Å²) in [6.45, 7) is 7.07. The highest BCUT2D eigenvalue weighted by molar-refractivity contribution is 5.95. The van der Waals surface area contributed by atoms with Gasteiger partial charge in [0.25, 0.3) is 5.91 Å². The maximum Gasteiger partial charge on any atom is 0.257 e. The number of carbonyl (C=O) groups is 1. The molecule has 0 radical (unpaired) electrons. The standard InChI is InChI=1S/C21H29FN4O/c1-4-11-26-15-19(16(2)23-26)21(27)24(3)18-9-7-12-25(14-18)13-17-8-5-6-10-20(17)22/h5-6,8,10,15,18H,4,7,9,11-14H2,1-3H3/t18-/m1/s1. The number of rotatable bonds is 6. The molecule has 1 aliphatic heterocycles. The molecule has 1 aromatic carbocycles. The Morgan fingerprint density at radius 1 is 1.37 bits per heavy atom. The molecule has 1 atom stereocenters. The van der Waals surface area contributed by atoms with E-state index in [-0.39, 0.29) is 17.8 Å². The van der Waals surface area contributed by atoms with Gasteiger partial charge in [0.15, 0.2) is 0 Å². The molecule has 0 aliphatic carbocycles. The van der Waals surface area contributed by atoms with Crippen LogP contribution in [0.2, 0.25) is 0 Å². The molecule has 0 unspecified atom stereocenters. The second-order valence-electron chi connectivity index (χ2n) is 7.43. The second kappa shape index (κ2) is 8.65. The number of hydrogen-bond acceptors (Lipinski definition) is 3. The Morgan fingerprint density at radius 2 is 2.15 bits per heavy atom. The van der Waals surface area contributed by atoms with Crippen molar-refractivity contribution in [2.75, 3.05) is 20.1 Å². The summed E-state index contributed by atoms with van der Waals surface area (Å²) in [5, 5.41) is 4.45. The van der Waals surface area contributed by atoms with Crippen molar-refractivity contribution in [3.8, 4) is 0 Å². The number of amides is 1. The van der Waals surface area contributed by atoms with Crippen molar-refractivity contribution >= 4 is 5.91 Å². The second-order valence-corrected chi connectivity index (χ2v) is 7.43. The molecule has 0 N–H and O–H groups in total. The molecule has 2 aromatic rings. The third-order valence-corrected chi connectivity index (χ3v) is 5.33. The Kier molecular flexibility index (Phi) is 6.26. The number of likely N-dealkylation sites (N-methyl/N-ethyl adjacent to an activating group) is 1. The van der Waals surface area contributed by atoms with Crippen LogP contribution in [0.4, 0.5) is 4.39 Å². The lowest BCUT2D eigenvalue weighted by Gasteiger charge is -2.37. The van der Waals surface area contributed by atoms with Crippen LogP contribution in [0.25, 0.3) is 0 Å². The normalized spacial score (nSPS) is 17.9. The summed E-state index contributed by atoms with van der Waals surface area (Å²) >= 11 is 0. The Labute approximate surface area is 160 Å². The Bertz CT molecular complexity index is 788. The lowest BCUT2D eigenvalue weighted by Crippen LogP contribution is -2.48. The van der Waals surface area contributed by atoms with Crippen LogP contribution in [0.3, 0.4) is 0 Å². The van der Waals surface area contributed by atoms with Gasteiger partial charge in [0.05, 0.1) is 11.3 Å². The minimum absolute atomic E-state index is 0.0209. The van der Waals surface area contributed by atoms with Gasteiger partial charge in [-0.1, -0.05) is 25.1 Å². The van der Waals surface area contributed by atoms with Gasteiger partial charge in [-0.15, -0.1) is 0 Å². The Hall–Kier alpha value is -2.21. The zero-order chi connectivity index (χ0) is 19.4. The SMILES string of the molecule is CCCn1cc(C(=O)N(C)[C@@H]2CCCN(Cc3ccccc3F)C2)c(C)n1. The fourth-order valence-electron chi connectivity index (χ4n) is 3.79. The van der Waals surface area contributed by atoms with Crippen LogP contribution in [-0.4, -0.2) is 51.7 Å². The molecule has 0 saturated carbocycles. The monoisotopic (exact) mass is 372 g/mol. The molecule has 2 heterocycles. The number of nitrogens with zero attached hydrogens (tertiary/aromatic N) is 4. The predicted octanol–water partition coefficient (Wildman–Crippen LogP) is 3.48. The zero-order valence-electron chi connectivity index (χ0n) is 16.5. The first-order chi connectivity index (χ1) is 13.0. The molecule has 3 rings (SSSR count). The average Bonchev–Trinajstić information content (AvgIpc) is 3.03. The van der Waals surface area contributed by atoms with E-state index in [1.807, 2.05) is 41.9 Å². The molecular weight excluding hydrogens is 343 g/mol. The highest BCUT2D eigenvalue weighted by Gasteiger charge is 2.28. The highest BCUT2D eigenvalue weighted by Crippen LogP contribution is 2.20. The largest absolute Gasteiger partial charge is 0.337 e. The summed E-state index contributed by atoms with van der Waals surface area (Å²) in [7, 11) is 1.87. The summed E-state index contributed by atoms with van der Waals surface area (Å²) in [5.41, 5.74) is 2.17. The van der Waals surface area contributed by atoms with Crippen LogP contribution in [0.1, 0.15) is 47.8 Å². The van der Waals surface area contributed by atoms with E-state index in [1.165, 1.54) is 6.07 Å². The molecule has 1 aromatic heterocycles. The summed E-state index contributed by atoms with van der Waals surface area (Å²) in [6.07, 6.45) is 4.82. The molecule has 5 nitrogen and oxygen atoms in total. The molecule has 1 aliphatic rings. The summed E-state index contributed by atoms with van der Waals surface area (Å²) in [4.78, 5) is 17.1. The van der Waals surface area contributed by atoms with E-state index >= 15 is 0 Å². The number of likely N-dealkylation sites (tertiary alicyclic amines) is 1. The van der Waals surface area contributed by atoms with Crippen molar-refractivity contribution in [2.45, 2.75) is 52.2 Å². The first-order valence-electron chi connectivity index (χ1n) is 9.76. The van der Waals surface area contributed by atoms with Crippen LogP contribution in [-0.2, 0) is 13.1 Å². The number of benzene rings is 1. The maximum atomic E-state index is 14.0. The van der Waals surface area contributed by atoms with E-state index in [4.69, 9.17) is 0 Å². The van der Waals surface area contributed by atoms with E-state index in [0.717, 1.165) is 44.6 Å². The van der Waals surface area contributed by atoms with Crippen LogP contribution >= 0.6 is 0 Å². The van der Waals surface area contributed by atoms with Crippen molar-refractivity contribution in [1.82, 2.24) is 19.6 Å². The Balaban J connectivity index is 1.66. The van der Waals surface area contributed by atoms with Gasteiger partial charge >= 0.3 is 0 Å². The molecule has 0 bridgehead atoms.